The molecule has 0 bridgehead atoms. The molecule has 1 aromatic carbocycles. The van der Waals surface area contributed by atoms with Crippen molar-refractivity contribution in [1.29, 1.82) is 0 Å². The normalized spacial score (nSPS) is 10.8. The monoisotopic (exact) mass is 242 g/mol. The molecule has 3 rings (SSSR count). The number of hydrogen-bond donors (Lipinski definition) is 0. The van der Waals surface area contributed by atoms with Crippen molar-refractivity contribution in [2.45, 2.75) is 0 Å². The molecule has 0 aliphatic rings. The number of aromatic nitrogens is 6. The van der Waals surface area contributed by atoms with Gasteiger partial charge in [-0.2, -0.15) is 9.13 Å². The summed E-state index contributed by atoms with van der Waals surface area (Å²) in [6.45, 7) is 0. The van der Waals surface area contributed by atoms with Crippen LogP contribution in [-0.4, -0.2) is 19.3 Å². The largest absolute Gasteiger partial charge is 0.270 e. The average Bonchev–Trinajstić information content (AvgIpc) is 2.98. The predicted molar refractivity (Wildman–Crippen MR) is 63.0 cm³/mol. The van der Waals surface area contributed by atoms with E-state index < -0.39 is 0 Å². The van der Waals surface area contributed by atoms with Gasteiger partial charge < -0.3 is 0 Å². The van der Waals surface area contributed by atoms with Gasteiger partial charge in [-0.05, 0) is 22.3 Å². The van der Waals surface area contributed by atoms with Crippen molar-refractivity contribution in [2.75, 3.05) is 0 Å². The Balaban J connectivity index is 2.04. The highest BCUT2D eigenvalue weighted by Gasteiger charge is 2.10. The Kier molecular flexibility index (Phi) is 2.40. The molecule has 0 saturated carbocycles. The van der Waals surface area contributed by atoms with Crippen molar-refractivity contribution in [3.63, 3.8) is 0 Å². The van der Waals surface area contributed by atoms with Crippen LogP contribution in [0.2, 0.25) is 0 Å². The quantitative estimate of drug-likeness (QED) is 0.579. The molecule has 6 nitrogen and oxygen atoms in total. The first-order chi connectivity index (χ1) is 8.72. The molecule has 18 heavy (non-hydrogen) atoms. The minimum absolute atomic E-state index is 1.07. The van der Waals surface area contributed by atoms with E-state index in [0.29, 0.717) is 0 Å². The van der Waals surface area contributed by atoms with Gasteiger partial charge in [0.25, 0.3) is 12.7 Å². The molecule has 6 heteroatoms. The van der Waals surface area contributed by atoms with E-state index in [1.165, 1.54) is 0 Å². The van der Waals surface area contributed by atoms with Gasteiger partial charge in [-0.25, -0.2) is 0 Å². The summed E-state index contributed by atoms with van der Waals surface area (Å²) in [7, 11) is 3.80. The third-order valence-corrected chi connectivity index (χ3v) is 2.73. The van der Waals surface area contributed by atoms with E-state index in [4.69, 9.17) is 0 Å². The number of hydrogen-bond acceptors (Lipinski definition) is 2. The molecule has 0 amide bonds. The zero-order valence-electron chi connectivity index (χ0n) is 10.3. The summed E-state index contributed by atoms with van der Waals surface area (Å²) in [6, 6.07) is 8.19. The second-order valence-corrected chi connectivity index (χ2v) is 4.17. The Morgan fingerprint density at radius 3 is 1.78 bits per heavy atom. The van der Waals surface area contributed by atoms with Gasteiger partial charge in [0.2, 0.25) is 12.7 Å². The number of rotatable bonds is 2. The Bertz CT molecular complexity index is 626. The molecule has 3 aromatic rings. The van der Waals surface area contributed by atoms with Crippen LogP contribution in [0.4, 0.5) is 0 Å². The highest BCUT2D eigenvalue weighted by Crippen LogP contribution is 2.12. The van der Waals surface area contributed by atoms with Gasteiger partial charge in [-0.3, -0.25) is 0 Å². The van der Waals surface area contributed by atoms with E-state index in [2.05, 4.69) is 16.3 Å². The summed E-state index contributed by atoms with van der Waals surface area (Å²) in [5.41, 5.74) is 2.13. The summed E-state index contributed by atoms with van der Waals surface area (Å²) in [5, 5.41) is 8.31. The molecule has 0 atom stereocenters. The Morgan fingerprint density at radius 1 is 0.889 bits per heavy atom. The molecule has 0 aliphatic carbocycles. The van der Waals surface area contributed by atoms with E-state index in [1.54, 1.807) is 22.0 Å². The summed E-state index contributed by atoms with van der Waals surface area (Å²) >= 11 is 0. The predicted octanol–water partition coefficient (Wildman–Crippen LogP) is -0.293. The number of aryl methyl sites for hydroxylation is 2. The highest BCUT2D eigenvalue weighted by molar-refractivity contribution is 5.42. The highest BCUT2D eigenvalue weighted by atomic mass is 15.3. The minimum Gasteiger partial charge on any atom is -0.184 e. The van der Waals surface area contributed by atoms with Crippen LogP contribution in [0.25, 0.3) is 11.4 Å². The molecule has 0 spiro atoms. The van der Waals surface area contributed by atoms with Gasteiger partial charge in [-0.15, -0.1) is 9.36 Å². The van der Waals surface area contributed by atoms with E-state index in [1.807, 2.05) is 54.1 Å². The molecule has 0 fully saturated rings. The molecule has 0 radical (unpaired) electrons. The van der Waals surface area contributed by atoms with Gasteiger partial charge in [0.1, 0.15) is 25.5 Å². The first kappa shape index (κ1) is 10.6. The van der Waals surface area contributed by atoms with E-state index in [0.717, 1.165) is 11.4 Å². The summed E-state index contributed by atoms with van der Waals surface area (Å²) in [6.07, 6.45) is 7.42. The molecule has 0 unspecified atom stereocenters. The van der Waals surface area contributed by atoms with Crippen LogP contribution in [0, 0.1) is 0 Å². The van der Waals surface area contributed by atoms with Crippen molar-refractivity contribution in [2.24, 2.45) is 14.1 Å². The van der Waals surface area contributed by atoms with Crippen molar-refractivity contribution >= 4 is 0 Å². The molecule has 2 aromatic heterocycles. The fraction of sp³-hybridized carbons (Fsp3) is 0.167. The van der Waals surface area contributed by atoms with Crippen LogP contribution < -0.4 is 9.36 Å². The summed E-state index contributed by atoms with van der Waals surface area (Å²) in [4.78, 5) is 0. The fourth-order valence-corrected chi connectivity index (χ4v) is 1.83. The van der Waals surface area contributed by atoms with Crippen LogP contribution >= 0.6 is 0 Å². The molecular formula is C12H14N6+2. The average molecular weight is 242 g/mol. The smallest absolute Gasteiger partial charge is 0.184 e. The van der Waals surface area contributed by atoms with Gasteiger partial charge in [0.15, 0.2) is 0 Å². The second kappa shape index (κ2) is 4.06. The standard InChI is InChI=1S/C12H14N6/c1-15-9-17(7-13-15)11-4-3-5-12(6-11)18-8-14-16(2)10-18/h3-10H,1-2H3/q+2. The summed E-state index contributed by atoms with van der Waals surface area (Å²) < 4.78 is 7.48. The van der Waals surface area contributed by atoms with Gasteiger partial charge >= 0.3 is 0 Å². The van der Waals surface area contributed by atoms with Crippen molar-refractivity contribution < 1.29 is 9.36 Å². The van der Waals surface area contributed by atoms with Crippen LogP contribution in [0.3, 0.4) is 0 Å². The lowest BCUT2D eigenvalue weighted by atomic mass is 10.3. The molecule has 0 N–H and O–H groups in total. The molecule has 0 aliphatic heterocycles. The maximum Gasteiger partial charge on any atom is 0.270 e. The van der Waals surface area contributed by atoms with E-state index in [9.17, 15) is 0 Å². The zero-order chi connectivity index (χ0) is 12.5. The van der Waals surface area contributed by atoms with Crippen molar-refractivity contribution in [3.8, 4) is 11.4 Å². The fourth-order valence-electron chi connectivity index (χ4n) is 1.83. The molecule has 0 saturated heterocycles. The second-order valence-electron chi connectivity index (χ2n) is 4.17. The third kappa shape index (κ3) is 1.88. The van der Waals surface area contributed by atoms with Crippen molar-refractivity contribution in [3.05, 3.63) is 49.6 Å². The zero-order valence-corrected chi connectivity index (χ0v) is 10.3. The first-order valence-corrected chi connectivity index (χ1v) is 5.63. The lowest BCUT2D eigenvalue weighted by Gasteiger charge is -1.97. The first-order valence-electron chi connectivity index (χ1n) is 5.63. The molecular weight excluding hydrogens is 228 g/mol. The van der Waals surface area contributed by atoms with Crippen molar-refractivity contribution in [1.82, 2.24) is 19.3 Å². The SMILES string of the molecule is C[n+]1cn(-c2cccc(-n3cn[n+](C)c3)c2)cn1. The number of benzene rings is 1. The Morgan fingerprint density at radius 2 is 1.39 bits per heavy atom. The minimum atomic E-state index is 1.07. The van der Waals surface area contributed by atoms with Crippen LogP contribution in [-0.2, 0) is 14.1 Å². The lowest BCUT2D eigenvalue weighted by molar-refractivity contribution is -0.728. The van der Waals surface area contributed by atoms with Crippen LogP contribution in [0.1, 0.15) is 0 Å². The number of nitrogens with zero attached hydrogens (tertiary/aromatic N) is 6. The maximum atomic E-state index is 4.16. The lowest BCUT2D eigenvalue weighted by Crippen LogP contribution is -2.28. The van der Waals surface area contributed by atoms with Crippen LogP contribution in [0.5, 0.6) is 0 Å². The molecule has 90 valence electrons. The third-order valence-electron chi connectivity index (χ3n) is 2.73. The molecule has 2 heterocycles. The van der Waals surface area contributed by atoms with Gasteiger partial charge in [0, 0.05) is 6.07 Å². The maximum absolute atomic E-state index is 4.16. The van der Waals surface area contributed by atoms with Gasteiger partial charge in [-0.1, -0.05) is 6.07 Å². The van der Waals surface area contributed by atoms with Gasteiger partial charge in [0.05, 0.1) is 0 Å². The van der Waals surface area contributed by atoms with E-state index in [-0.39, 0.29) is 0 Å². The Labute approximate surface area is 104 Å². The van der Waals surface area contributed by atoms with Crippen LogP contribution in [0.15, 0.2) is 49.6 Å². The van der Waals surface area contributed by atoms with E-state index >= 15 is 0 Å². The topological polar surface area (TPSA) is 43.4 Å². The Hall–Kier alpha value is -2.50. The summed E-state index contributed by atoms with van der Waals surface area (Å²) in [5.74, 6) is 0.